The van der Waals surface area contributed by atoms with Gasteiger partial charge in [-0.3, -0.25) is 4.79 Å². The zero-order valence-electron chi connectivity index (χ0n) is 9.11. The molecule has 1 heterocycles. The second-order valence-corrected chi connectivity index (χ2v) is 3.64. The molecule has 18 heavy (non-hydrogen) atoms. The van der Waals surface area contributed by atoms with Crippen LogP contribution >= 0.6 is 0 Å². The zero-order valence-corrected chi connectivity index (χ0v) is 9.11. The minimum absolute atomic E-state index is 0.190. The summed E-state index contributed by atoms with van der Waals surface area (Å²) in [6.45, 7) is 0.256. The van der Waals surface area contributed by atoms with Crippen molar-refractivity contribution in [3.63, 3.8) is 0 Å². The third kappa shape index (κ3) is 2.58. The van der Waals surface area contributed by atoms with Crippen LogP contribution in [0.4, 0.5) is 13.2 Å². The molecule has 0 amide bonds. The van der Waals surface area contributed by atoms with Crippen molar-refractivity contribution in [1.82, 2.24) is 9.55 Å². The summed E-state index contributed by atoms with van der Waals surface area (Å²) in [7, 11) is 0. The Balaban J connectivity index is 2.19. The maximum absolute atomic E-state index is 12.3. The van der Waals surface area contributed by atoms with Crippen LogP contribution in [0.3, 0.4) is 0 Å². The van der Waals surface area contributed by atoms with Crippen LogP contribution in [0.2, 0.25) is 0 Å². The number of alkyl halides is 3. The number of carbonyl (C=O) groups is 1. The zero-order chi connectivity index (χ0) is 13.2. The molecule has 1 radical (unpaired) electrons. The van der Waals surface area contributed by atoms with Crippen LogP contribution in [-0.2, 0) is 12.7 Å². The van der Waals surface area contributed by atoms with Gasteiger partial charge in [-0.15, -0.1) is 0 Å². The van der Waals surface area contributed by atoms with E-state index in [1.54, 1.807) is 0 Å². The SMILES string of the molecule is O=Cc1nc[c]n1Cc1ccc(C(F)(F)F)cc1. The Morgan fingerprint density at radius 1 is 1.28 bits per heavy atom. The van der Waals surface area contributed by atoms with Gasteiger partial charge in [-0.1, -0.05) is 12.1 Å². The second kappa shape index (κ2) is 4.64. The summed E-state index contributed by atoms with van der Waals surface area (Å²) in [6, 6.07) is 4.75. The standard InChI is InChI=1S/C12H8F3N2O/c13-12(14,15)10-3-1-9(2-4-10)7-17-6-5-16-11(17)8-18/h1-5,8H,7H2. The van der Waals surface area contributed by atoms with E-state index >= 15 is 0 Å². The molecule has 0 aliphatic heterocycles. The number of carbonyl (C=O) groups excluding carboxylic acids is 1. The lowest BCUT2D eigenvalue weighted by atomic mass is 10.1. The van der Waals surface area contributed by atoms with E-state index in [0.717, 1.165) is 12.1 Å². The lowest BCUT2D eigenvalue weighted by Gasteiger charge is -2.08. The van der Waals surface area contributed by atoms with Crippen LogP contribution in [0.15, 0.2) is 30.5 Å². The molecule has 0 saturated heterocycles. The van der Waals surface area contributed by atoms with E-state index in [4.69, 9.17) is 0 Å². The topological polar surface area (TPSA) is 34.9 Å². The van der Waals surface area contributed by atoms with E-state index in [-0.39, 0.29) is 12.4 Å². The number of aromatic nitrogens is 2. The Labute approximate surface area is 101 Å². The average molecular weight is 253 g/mol. The number of halogens is 3. The fourth-order valence-corrected chi connectivity index (χ4v) is 1.50. The van der Waals surface area contributed by atoms with Crippen molar-refractivity contribution >= 4 is 6.29 Å². The second-order valence-electron chi connectivity index (χ2n) is 3.64. The smallest absolute Gasteiger partial charge is 0.316 e. The molecular weight excluding hydrogens is 245 g/mol. The first-order valence-corrected chi connectivity index (χ1v) is 5.05. The van der Waals surface area contributed by atoms with E-state index in [2.05, 4.69) is 11.2 Å². The summed E-state index contributed by atoms with van der Waals surface area (Å²) in [4.78, 5) is 14.4. The molecule has 0 atom stereocenters. The lowest BCUT2D eigenvalue weighted by molar-refractivity contribution is -0.137. The molecule has 93 valence electrons. The first-order valence-electron chi connectivity index (χ1n) is 5.05. The molecule has 0 saturated carbocycles. The highest BCUT2D eigenvalue weighted by Crippen LogP contribution is 2.29. The molecule has 0 unspecified atom stereocenters. The summed E-state index contributed by atoms with van der Waals surface area (Å²) in [5.41, 5.74) is -0.0585. The summed E-state index contributed by atoms with van der Waals surface area (Å²) in [5.74, 6) is 0.190. The van der Waals surface area contributed by atoms with Crippen LogP contribution in [0.25, 0.3) is 0 Å². The van der Waals surface area contributed by atoms with E-state index in [1.165, 1.54) is 22.9 Å². The monoisotopic (exact) mass is 253 g/mol. The Morgan fingerprint density at radius 3 is 2.50 bits per heavy atom. The third-order valence-corrected chi connectivity index (χ3v) is 2.41. The van der Waals surface area contributed by atoms with Gasteiger partial charge in [0.2, 0.25) is 0 Å². The van der Waals surface area contributed by atoms with Crippen LogP contribution in [0.1, 0.15) is 21.7 Å². The van der Waals surface area contributed by atoms with Crippen molar-refractivity contribution in [3.8, 4) is 0 Å². The molecule has 0 aliphatic rings. The predicted molar refractivity (Wildman–Crippen MR) is 57.0 cm³/mol. The molecule has 0 spiro atoms. The normalized spacial score (nSPS) is 11.5. The van der Waals surface area contributed by atoms with Gasteiger partial charge >= 0.3 is 6.18 Å². The highest BCUT2D eigenvalue weighted by Gasteiger charge is 2.29. The number of benzene rings is 1. The van der Waals surface area contributed by atoms with Gasteiger partial charge in [-0.2, -0.15) is 13.2 Å². The molecule has 2 aromatic rings. The fraction of sp³-hybridized carbons (Fsp3) is 0.167. The van der Waals surface area contributed by atoms with Crippen molar-refractivity contribution < 1.29 is 18.0 Å². The van der Waals surface area contributed by atoms with E-state index in [0.29, 0.717) is 11.8 Å². The quantitative estimate of drug-likeness (QED) is 0.788. The Morgan fingerprint density at radius 2 is 1.94 bits per heavy atom. The van der Waals surface area contributed by atoms with Gasteiger partial charge in [0.05, 0.1) is 18.0 Å². The number of hydrogen-bond donors (Lipinski definition) is 0. The molecule has 6 heteroatoms. The summed E-state index contributed by atoms with van der Waals surface area (Å²) in [5, 5.41) is 0. The lowest BCUT2D eigenvalue weighted by Crippen LogP contribution is -2.06. The van der Waals surface area contributed by atoms with Gasteiger partial charge in [0, 0.05) is 6.54 Å². The van der Waals surface area contributed by atoms with Gasteiger partial charge in [0.25, 0.3) is 0 Å². The van der Waals surface area contributed by atoms with Crippen molar-refractivity contribution in [2.24, 2.45) is 0 Å². The first-order chi connectivity index (χ1) is 8.50. The highest BCUT2D eigenvalue weighted by atomic mass is 19.4. The number of imidazole rings is 1. The predicted octanol–water partition coefficient (Wildman–Crippen LogP) is 2.56. The Bertz CT molecular complexity index is 543. The van der Waals surface area contributed by atoms with Crippen molar-refractivity contribution in [3.05, 3.63) is 53.6 Å². The molecular formula is C12H8F3N2O. The van der Waals surface area contributed by atoms with Crippen LogP contribution < -0.4 is 0 Å². The summed E-state index contributed by atoms with van der Waals surface area (Å²) < 4.78 is 38.5. The fourth-order valence-electron chi connectivity index (χ4n) is 1.50. The van der Waals surface area contributed by atoms with Crippen molar-refractivity contribution in [2.45, 2.75) is 12.7 Å². The minimum atomic E-state index is -4.34. The van der Waals surface area contributed by atoms with Crippen molar-refractivity contribution in [1.29, 1.82) is 0 Å². The molecule has 2 rings (SSSR count). The molecule has 0 N–H and O–H groups in total. The number of rotatable bonds is 3. The van der Waals surface area contributed by atoms with E-state index < -0.39 is 11.7 Å². The summed E-state index contributed by atoms with van der Waals surface area (Å²) >= 11 is 0. The number of nitrogens with zero attached hydrogens (tertiary/aromatic N) is 2. The molecule has 0 aliphatic carbocycles. The van der Waals surface area contributed by atoms with Crippen molar-refractivity contribution in [2.75, 3.05) is 0 Å². The molecule has 0 bridgehead atoms. The summed E-state index contributed by atoms with van der Waals surface area (Å²) in [6.07, 6.45) is 0.274. The van der Waals surface area contributed by atoms with Gasteiger partial charge in [0.1, 0.15) is 0 Å². The third-order valence-electron chi connectivity index (χ3n) is 2.41. The molecule has 1 aromatic heterocycles. The number of hydrogen-bond acceptors (Lipinski definition) is 2. The van der Waals surface area contributed by atoms with Gasteiger partial charge in [-0.25, -0.2) is 4.98 Å². The maximum atomic E-state index is 12.3. The van der Waals surface area contributed by atoms with Crippen LogP contribution in [-0.4, -0.2) is 15.8 Å². The highest BCUT2D eigenvalue weighted by molar-refractivity contribution is 5.69. The first kappa shape index (κ1) is 12.3. The Hall–Kier alpha value is -2.11. The van der Waals surface area contributed by atoms with Crippen LogP contribution in [0.5, 0.6) is 0 Å². The van der Waals surface area contributed by atoms with Gasteiger partial charge in [0.15, 0.2) is 12.1 Å². The van der Waals surface area contributed by atoms with E-state index in [1.807, 2.05) is 0 Å². The number of aldehydes is 1. The molecule has 0 fully saturated rings. The van der Waals surface area contributed by atoms with Gasteiger partial charge in [-0.05, 0) is 17.7 Å². The maximum Gasteiger partial charge on any atom is 0.416 e. The molecule has 3 nitrogen and oxygen atoms in total. The molecule has 1 aromatic carbocycles. The van der Waals surface area contributed by atoms with Crippen LogP contribution in [0, 0.1) is 6.20 Å². The minimum Gasteiger partial charge on any atom is -0.316 e. The largest absolute Gasteiger partial charge is 0.416 e. The Kier molecular flexibility index (Phi) is 3.18. The van der Waals surface area contributed by atoms with E-state index in [9.17, 15) is 18.0 Å². The average Bonchev–Trinajstić information content (AvgIpc) is 2.76. The van der Waals surface area contributed by atoms with Gasteiger partial charge < -0.3 is 4.57 Å².